The fraction of sp³-hybridized carbons (Fsp3) is 0.333. The van der Waals surface area contributed by atoms with Crippen LogP contribution in [0.5, 0.6) is 0 Å². The van der Waals surface area contributed by atoms with Crippen molar-refractivity contribution >= 4 is 11.8 Å². The Bertz CT molecular complexity index is 634. The largest absolute Gasteiger partial charge is 0.368 e. The van der Waals surface area contributed by atoms with Gasteiger partial charge in [0.15, 0.2) is 0 Å². The van der Waals surface area contributed by atoms with E-state index in [9.17, 15) is 14.0 Å². The van der Waals surface area contributed by atoms with Crippen molar-refractivity contribution in [2.75, 3.05) is 13.1 Å². The third-order valence-corrected chi connectivity index (χ3v) is 3.38. The van der Waals surface area contributed by atoms with Crippen molar-refractivity contribution < 1.29 is 14.0 Å². The Hall–Kier alpha value is -2.39. The molecule has 1 aromatic carbocycles. The standard InChI is InChI=1S/C15H16FN3O2/c16-11-5-6-12(10(9-11)3-1-7-17)15(21)19-8-2-4-13(19)14(18)20/h5-6,9,13H,2,4,7-8,17H2,(H2,18,20). The van der Waals surface area contributed by atoms with Gasteiger partial charge in [0.25, 0.3) is 5.91 Å². The van der Waals surface area contributed by atoms with Gasteiger partial charge in [-0.3, -0.25) is 9.59 Å². The zero-order valence-corrected chi connectivity index (χ0v) is 11.4. The van der Waals surface area contributed by atoms with Crippen LogP contribution in [-0.4, -0.2) is 35.8 Å². The summed E-state index contributed by atoms with van der Waals surface area (Å²) < 4.78 is 13.3. The van der Waals surface area contributed by atoms with E-state index in [0.29, 0.717) is 19.4 Å². The van der Waals surface area contributed by atoms with E-state index in [1.54, 1.807) is 0 Å². The van der Waals surface area contributed by atoms with Gasteiger partial charge in [0.2, 0.25) is 5.91 Å². The first-order valence-electron chi connectivity index (χ1n) is 6.63. The number of carbonyl (C=O) groups is 2. The number of hydrogen-bond acceptors (Lipinski definition) is 3. The van der Waals surface area contributed by atoms with Gasteiger partial charge < -0.3 is 16.4 Å². The summed E-state index contributed by atoms with van der Waals surface area (Å²) in [5.41, 5.74) is 11.1. The van der Waals surface area contributed by atoms with Crippen LogP contribution in [0.3, 0.4) is 0 Å². The average Bonchev–Trinajstić information content (AvgIpc) is 2.94. The van der Waals surface area contributed by atoms with Crippen LogP contribution in [0.2, 0.25) is 0 Å². The summed E-state index contributed by atoms with van der Waals surface area (Å²) >= 11 is 0. The number of amides is 2. The molecule has 1 atom stereocenters. The van der Waals surface area contributed by atoms with Crippen molar-refractivity contribution in [2.24, 2.45) is 11.5 Å². The number of nitrogens with two attached hydrogens (primary N) is 2. The lowest BCUT2D eigenvalue weighted by Crippen LogP contribution is -2.43. The highest BCUT2D eigenvalue weighted by Crippen LogP contribution is 2.21. The van der Waals surface area contributed by atoms with Crippen LogP contribution >= 0.6 is 0 Å². The minimum Gasteiger partial charge on any atom is -0.368 e. The highest BCUT2D eigenvalue weighted by molar-refractivity contribution is 5.99. The molecule has 0 aliphatic carbocycles. The van der Waals surface area contributed by atoms with Crippen LogP contribution in [-0.2, 0) is 4.79 Å². The Labute approximate surface area is 122 Å². The second-order valence-corrected chi connectivity index (χ2v) is 4.75. The third-order valence-electron chi connectivity index (χ3n) is 3.38. The SMILES string of the molecule is NCC#Cc1cc(F)ccc1C(=O)N1CCCC1C(N)=O. The van der Waals surface area contributed by atoms with Gasteiger partial charge in [-0.25, -0.2) is 4.39 Å². The minimum absolute atomic E-state index is 0.109. The molecule has 2 rings (SSSR count). The molecule has 4 N–H and O–H groups in total. The highest BCUT2D eigenvalue weighted by Gasteiger charge is 2.33. The Morgan fingerprint density at radius 2 is 2.19 bits per heavy atom. The number of primary amides is 1. The monoisotopic (exact) mass is 289 g/mol. The van der Waals surface area contributed by atoms with Crippen LogP contribution in [0.4, 0.5) is 4.39 Å². The molecule has 1 heterocycles. The summed E-state index contributed by atoms with van der Waals surface area (Å²) in [7, 11) is 0. The van der Waals surface area contributed by atoms with Gasteiger partial charge in [0.05, 0.1) is 12.1 Å². The Kier molecular flexibility index (Phi) is 4.55. The minimum atomic E-state index is -0.613. The van der Waals surface area contributed by atoms with Crippen molar-refractivity contribution in [2.45, 2.75) is 18.9 Å². The van der Waals surface area contributed by atoms with Gasteiger partial charge in [-0.2, -0.15) is 0 Å². The number of rotatable bonds is 2. The molecule has 1 aromatic rings. The molecule has 0 bridgehead atoms. The first kappa shape index (κ1) is 15.0. The molecule has 1 aliphatic heterocycles. The molecule has 1 aliphatic rings. The van der Waals surface area contributed by atoms with Crippen molar-refractivity contribution in [1.82, 2.24) is 4.90 Å². The molecule has 0 spiro atoms. The lowest BCUT2D eigenvalue weighted by Gasteiger charge is -2.22. The van der Waals surface area contributed by atoms with Crippen molar-refractivity contribution in [3.8, 4) is 11.8 Å². The number of halogens is 1. The molecule has 6 heteroatoms. The van der Waals surface area contributed by atoms with Gasteiger partial charge in [-0.1, -0.05) is 11.8 Å². The summed E-state index contributed by atoms with van der Waals surface area (Å²) in [6, 6.07) is 3.13. The third kappa shape index (κ3) is 3.20. The summed E-state index contributed by atoms with van der Waals surface area (Å²) in [5.74, 6) is 3.91. The molecule has 0 radical (unpaired) electrons. The first-order valence-corrected chi connectivity index (χ1v) is 6.63. The van der Waals surface area contributed by atoms with E-state index in [1.807, 2.05) is 0 Å². The fourth-order valence-corrected chi connectivity index (χ4v) is 2.41. The van der Waals surface area contributed by atoms with Gasteiger partial charge >= 0.3 is 0 Å². The summed E-state index contributed by atoms with van der Waals surface area (Å²) in [6.07, 6.45) is 1.26. The van der Waals surface area contributed by atoms with E-state index >= 15 is 0 Å². The number of carbonyl (C=O) groups excluding carboxylic acids is 2. The summed E-state index contributed by atoms with van der Waals surface area (Å²) in [6.45, 7) is 0.561. The van der Waals surface area contributed by atoms with E-state index in [4.69, 9.17) is 11.5 Å². The van der Waals surface area contributed by atoms with E-state index < -0.39 is 17.8 Å². The number of benzene rings is 1. The lowest BCUT2D eigenvalue weighted by molar-refractivity contribution is -0.121. The van der Waals surface area contributed by atoms with Crippen LogP contribution in [0, 0.1) is 17.7 Å². The smallest absolute Gasteiger partial charge is 0.255 e. The molecular formula is C15H16FN3O2. The van der Waals surface area contributed by atoms with Crippen LogP contribution in [0.25, 0.3) is 0 Å². The predicted molar refractivity (Wildman–Crippen MR) is 75.6 cm³/mol. The molecule has 1 unspecified atom stereocenters. The van der Waals surface area contributed by atoms with E-state index in [-0.39, 0.29) is 23.6 Å². The summed E-state index contributed by atoms with van der Waals surface area (Å²) in [4.78, 5) is 25.4. The fourth-order valence-electron chi connectivity index (χ4n) is 2.41. The number of nitrogens with zero attached hydrogens (tertiary/aromatic N) is 1. The molecular weight excluding hydrogens is 273 g/mol. The summed E-state index contributed by atoms with van der Waals surface area (Å²) in [5, 5.41) is 0. The second-order valence-electron chi connectivity index (χ2n) is 4.75. The lowest BCUT2D eigenvalue weighted by atomic mass is 10.1. The van der Waals surface area contributed by atoms with Crippen LogP contribution in [0.15, 0.2) is 18.2 Å². The number of hydrogen-bond donors (Lipinski definition) is 2. The molecule has 110 valence electrons. The quantitative estimate of drug-likeness (QED) is 0.764. The van der Waals surface area contributed by atoms with Crippen molar-refractivity contribution in [1.29, 1.82) is 0 Å². The van der Waals surface area contributed by atoms with Gasteiger partial charge in [-0.05, 0) is 31.0 Å². The van der Waals surface area contributed by atoms with Crippen LogP contribution < -0.4 is 11.5 Å². The van der Waals surface area contributed by atoms with Crippen molar-refractivity contribution in [3.05, 3.63) is 35.1 Å². The first-order chi connectivity index (χ1) is 10.0. The van der Waals surface area contributed by atoms with E-state index in [2.05, 4.69) is 11.8 Å². The molecule has 21 heavy (non-hydrogen) atoms. The zero-order valence-electron chi connectivity index (χ0n) is 11.4. The second kappa shape index (κ2) is 6.37. The maximum absolute atomic E-state index is 13.3. The Balaban J connectivity index is 2.37. The average molecular weight is 289 g/mol. The van der Waals surface area contributed by atoms with Crippen molar-refractivity contribution in [3.63, 3.8) is 0 Å². The van der Waals surface area contributed by atoms with Crippen LogP contribution in [0.1, 0.15) is 28.8 Å². The highest BCUT2D eigenvalue weighted by atomic mass is 19.1. The van der Waals surface area contributed by atoms with E-state index in [0.717, 1.165) is 0 Å². The van der Waals surface area contributed by atoms with Gasteiger partial charge in [0.1, 0.15) is 11.9 Å². The Morgan fingerprint density at radius 3 is 2.86 bits per heavy atom. The predicted octanol–water partition coefficient (Wildman–Crippen LogP) is 0.226. The van der Waals surface area contributed by atoms with Gasteiger partial charge in [0, 0.05) is 12.1 Å². The van der Waals surface area contributed by atoms with E-state index in [1.165, 1.54) is 23.1 Å². The maximum Gasteiger partial charge on any atom is 0.255 e. The van der Waals surface area contributed by atoms with Gasteiger partial charge in [-0.15, -0.1) is 0 Å². The Morgan fingerprint density at radius 1 is 1.43 bits per heavy atom. The molecule has 1 saturated heterocycles. The number of likely N-dealkylation sites (tertiary alicyclic amines) is 1. The molecule has 0 aromatic heterocycles. The topological polar surface area (TPSA) is 89.4 Å². The molecule has 2 amide bonds. The molecule has 1 fully saturated rings. The zero-order chi connectivity index (χ0) is 15.4. The maximum atomic E-state index is 13.3. The molecule has 5 nitrogen and oxygen atoms in total. The normalized spacial score (nSPS) is 17.2. The molecule has 0 saturated carbocycles.